The number of rotatable bonds is 6. The molecule has 23 heavy (non-hydrogen) atoms. The van der Waals surface area contributed by atoms with Gasteiger partial charge in [0.15, 0.2) is 0 Å². The monoisotopic (exact) mass is 312 g/mol. The molecule has 0 atom stereocenters. The van der Waals surface area contributed by atoms with Crippen LogP contribution in [0.5, 0.6) is 0 Å². The van der Waals surface area contributed by atoms with Gasteiger partial charge in [-0.15, -0.1) is 0 Å². The Bertz CT molecular complexity index is 659. The molecule has 1 N–H and O–H groups in total. The highest BCUT2D eigenvalue weighted by Crippen LogP contribution is 2.32. The fourth-order valence-electron chi connectivity index (χ4n) is 2.96. The molecular formula is C18H24N4O. The fraction of sp³-hybridized carbons (Fsp3) is 0.444. The number of ether oxygens (including phenoxy) is 1. The summed E-state index contributed by atoms with van der Waals surface area (Å²) in [6, 6.07) is 10.6. The minimum atomic E-state index is 0.694. The van der Waals surface area contributed by atoms with Gasteiger partial charge >= 0.3 is 0 Å². The van der Waals surface area contributed by atoms with Crippen LogP contribution in [0.2, 0.25) is 0 Å². The lowest BCUT2D eigenvalue weighted by molar-refractivity contribution is 0.197. The Morgan fingerprint density at radius 1 is 1.26 bits per heavy atom. The van der Waals surface area contributed by atoms with Crippen LogP contribution >= 0.6 is 0 Å². The average molecular weight is 312 g/mol. The molecule has 1 aromatic carbocycles. The molecule has 1 aliphatic rings. The molecule has 0 saturated carbocycles. The number of nitrogens with one attached hydrogen (secondary N) is 1. The van der Waals surface area contributed by atoms with E-state index in [1.54, 1.807) is 7.11 Å². The summed E-state index contributed by atoms with van der Waals surface area (Å²) >= 11 is 0. The molecule has 1 aromatic heterocycles. The third kappa shape index (κ3) is 3.79. The lowest BCUT2D eigenvalue weighted by atomic mass is 10.0. The quantitative estimate of drug-likeness (QED) is 0.829. The van der Waals surface area contributed by atoms with Crippen molar-refractivity contribution in [3.05, 3.63) is 41.6 Å². The third-order valence-electron chi connectivity index (χ3n) is 4.04. The highest BCUT2D eigenvalue weighted by atomic mass is 16.5. The maximum Gasteiger partial charge on any atom is 0.224 e. The van der Waals surface area contributed by atoms with E-state index in [-0.39, 0.29) is 0 Å². The number of aryl methyl sites for hydroxylation is 2. The summed E-state index contributed by atoms with van der Waals surface area (Å²) in [5, 5.41) is 3.29. The third-order valence-corrected chi connectivity index (χ3v) is 4.04. The van der Waals surface area contributed by atoms with Gasteiger partial charge in [0.2, 0.25) is 5.95 Å². The Morgan fingerprint density at radius 2 is 2.13 bits per heavy atom. The molecule has 0 unspecified atom stereocenters. The molecule has 0 bridgehead atoms. The number of hydrogen-bond donors (Lipinski definition) is 1. The largest absolute Gasteiger partial charge is 0.385 e. The normalized spacial score (nSPS) is 13.7. The van der Waals surface area contributed by atoms with Crippen LogP contribution in [-0.4, -0.2) is 36.8 Å². The zero-order chi connectivity index (χ0) is 16.1. The average Bonchev–Trinajstić information content (AvgIpc) is 2.58. The number of fused-ring (bicyclic) bond motifs is 1. The van der Waals surface area contributed by atoms with Crippen molar-refractivity contribution in [1.82, 2.24) is 9.97 Å². The van der Waals surface area contributed by atoms with Gasteiger partial charge in [-0.1, -0.05) is 18.2 Å². The topological polar surface area (TPSA) is 50.3 Å². The van der Waals surface area contributed by atoms with Crippen LogP contribution in [0.25, 0.3) is 0 Å². The SMILES string of the molecule is COCCCNc1nc(C)cc(N2CCCc3ccccc32)n1. The summed E-state index contributed by atoms with van der Waals surface area (Å²) in [5.41, 5.74) is 3.64. The van der Waals surface area contributed by atoms with Crippen LogP contribution in [-0.2, 0) is 11.2 Å². The van der Waals surface area contributed by atoms with Crippen LogP contribution in [0.4, 0.5) is 17.5 Å². The maximum absolute atomic E-state index is 5.07. The van der Waals surface area contributed by atoms with E-state index in [1.807, 2.05) is 6.92 Å². The molecule has 1 aliphatic heterocycles. The van der Waals surface area contributed by atoms with Gasteiger partial charge in [-0.05, 0) is 37.8 Å². The smallest absolute Gasteiger partial charge is 0.224 e. The molecule has 122 valence electrons. The van der Waals surface area contributed by atoms with Crippen molar-refractivity contribution in [1.29, 1.82) is 0 Å². The van der Waals surface area contributed by atoms with Crippen molar-refractivity contribution in [2.24, 2.45) is 0 Å². The number of anilines is 3. The number of benzene rings is 1. The van der Waals surface area contributed by atoms with Gasteiger partial charge in [-0.25, -0.2) is 4.98 Å². The highest BCUT2D eigenvalue weighted by Gasteiger charge is 2.19. The zero-order valence-electron chi connectivity index (χ0n) is 13.9. The predicted octanol–water partition coefficient (Wildman–Crippen LogP) is 3.32. The van der Waals surface area contributed by atoms with E-state index in [1.165, 1.54) is 11.3 Å². The maximum atomic E-state index is 5.07. The van der Waals surface area contributed by atoms with Crippen LogP contribution in [0.3, 0.4) is 0 Å². The van der Waals surface area contributed by atoms with Gasteiger partial charge in [0, 0.05) is 44.3 Å². The first-order chi connectivity index (χ1) is 11.3. The summed E-state index contributed by atoms with van der Waals surface area (Å²) in [5.74, 6) is 1.66. The van der Waals surface area contributed by atoms with Gasteiger partial charge in [-0.2, -0.15) is 4.98 Å². The van der Waals surface area contributed by atoms with Crippen molar-refractivity contribution in [3.8, 4) is 0 Å². The summed E-state index contributed by atoms with van der Waals surface area (Å²) in [6.07, 6.45) is 3.23. The summed E-state index contributed by atoms with van der Waals surface area (Å²) in [6.45, 7) is 4.57. The van der Waals surface area contributed by atoms with Gasteiger partial charge < -0.3 is 15.0 Å². The highest BCUT2D eigenvalue weighted by molar-refractivity contribution is 5.66. The van der Waals surface area contributed by atoms with Crippen LogP contribution in [0.15, 0.2) is 30.3 Å². The van der Waals surface area contributed by atoms with Gasteiger partial charge in [0.1, 0.15) is 5.82 Å². The van der Waals surface area contributed by atoms with E-state index in [2.05, 4.69) is 45.5 Å². The zero-order valence-corrected chi connectivity index (χ0v) is 13.9. The van der Waals surface area contributed by atoms with E-state index in [0.29, 0.717) is 5.95 Å². The molecule has 2 heterocycles. The Balaban J connectivity index is 1.82. The second kappa shape index (κ2) is 7.42. The van der Waals surface area contributed by atoms with Crippen molar-refractivity contribution >= 4 is 17.5 Å². The second-order valence-corrected chi connectivity index (χ2v) is 5.85. The standard InChI is InChI=1S/C18H24N4O/c1-14-13-17(21-18(20-14)19-10-6-12-23-2)22-11-5-8-15-7-3-4-9-16(15)22/h3-4,7,9,13H,5-6,8,10-12H2,1-2H3,(H,19,20,21). The van der Waals surface area contributed by atoms with E-state index < -0.39 is 0 Å². The Hall–Kier alpha value is -2.14. The molecule has 3 rings (SSSR count). The van der Waals surface area contributed by atoms with Gasteiger partial charge in [0.25, 0.3) is 0 Å². The molecule has 0 aliphatic carbocycles. The lowest BCUT2D eigenvalue weighted by Crippen LogP contribution is -2.25. The number of methoxy groups -OCH3 is 1. The number of aromatic nitrogens is 2. The van der Waals surface area contributed by atoms with Crippen molar-refractivity contribution in [2.75, 3.05) is 37.0 Å². The first-order valence-corrected chi connectivity index (χ1v) is 8.22. The molecule has 0 radical (unpaired) electrons. The molecule has 0 spiro atoms. The Labute approximate surface area is 137 Å². The predicted molar refractivity (Wildman–Crippen MR) is 93.5 cm³/mol. The van der Waals surface area contributed by atoms with E-state index in [0.717, 1.165) is 50.5 Å². The summed E-state index contributed by atoms with van der Waals surface area (Å²) in [4.78, 5) is 11.5. The molecule has 2 aromatic rings. The van der Waals surface area contributed by atoms with Crippen molar-refractivity contribution in [3.63, 3.8) is 0 Å². The van der Waals surface area contributed by atoms with Crippen LogP contribution < -0.4 is 10.2 Å². The van der Waals surface area contributed by atoms with Gasteiger partial charge in [0.05, 0.1) is 0 Å². The first kappa shape index (κ1) is 15.7. The lowest BCUT2D eigenvalue weighted by Gasteiger charge is -2.30. The number of para-hydroxylation sites is 1. The van der Waals surface area contributed by atoms with Crippen molar-refractivity contribution < 1.29 is 4.74 Å². The summed E-state index contributed by atoms with van der Waals surface area (Å²) in [7, 11) is 1.72. The minimum Gasteiger partial charge on any atom is -0.385 e. The Morgan fingerprint density at radius 3 is 3.00 bits per heavy atom. The molecule has 0 amide bonds. The molecular weight excluding hydrogens is 288 g/mol. The van der Waals surface area contributed by atoms with Gasteiger partial charge in [-0.3, -0.25) is 0 Å². The van der Waals surface area contributed by atoms with E-state index in [4.69, 9.17) is 9.72 Å². The molecule has 0 saturated heterocycles. The molecule has 5 heteroatoms. The van der Waals surface area contributed by atoms with Crippen LogP contribution in [0.1, 0.15) is 24.1 Å². The number of hydrogen-bond acceptors (Lipinski definition) is 5. The molecule has 5 nitrogen and oxygen atoms in total. The van der Waals surface area contributed by atoms with Crippen molar-refractivity contribution in [2.45, 2.75) is 26.2 Å². The fourth-order valence-corrected chi connectivity index (χ4v) is 2.96. The Kier molecular flexibility index (Phi) is 5.08. The summed E-state index contributed by atoms with van der Waals surface area (Å²) < 4.78 is 5.07. The molecule has 0 fully saturated rings. The second-order valence-electron chi connectivity index (χ2n) is 5.85. The van der Waals surface area contributed by atoms with E-state index >= 15 is 0 Å². The first-order valence-electron chi connectivity index (χ1n) is 8.22. The number of nitrogens with zero attached hydrogens (tertiary/aromatic N) is 3. The van der Waals surface area contributed by atoms with E-state index in [9.17, 15) is 0 Å². The minimum absolute atomic E-state index is 0.694. The van der Waals surface area contributed by atoms with Crippen LogP contribution in [0, 0.1) is 6.92 Å².